The van der Waals surface area contributed by atoms with Crippen LogP contribution in [0.25, 0.3) is 0 Å². The highest BCUT2D eigenvalue weighted by atomic mass is 19.4. The van der Waals surface area contributed by atoms with Gasteiger partial charge in [0.15, 0.2) is 0 Å². The van der Waals surface area contributed by atoms with Crippen LogP contribution in [0.2, 0.25) is 0 Å². The van der Waals surface area contributed by atoms with Gasteiger partial charge in [0.2, 0.25) is 0 Å². The smallest absolute Gasteiger partial charge is 0.269 e. The van der Waals surface area contributed by atoms with E-state index in [1.807, 2.05) is 0 Å². The second-order valence-corrected chi connectivity index (χ2v) is 2.19. The number of halogens is 3. The van der Waals surface area contributed by atoms with Gasteiger partial charge in [0.25, 0.3) is 5.91 Å². The lowest BCUT2D eigenvalue weighted by Crippen LogP contribution is -2.37. The third kappa shape index (κ3) is 3.10. The van der Waals surface area contributed by atoms with E-state index in [0.717, 1.165) is 11.5 Å². The molecule has 1 N–H and O–H groups in total. The van der Waals surface area contributed by atoms with Gasteiger partial charge in [-0.25, -0.2) is 0 Å². The van der Waals surface area contributed by atoms with Crippen LogP contribution in [0.5, 0.6) is 0 Å². The maximum Gasteiger partial charge on any atom is 0.484 e. The number of pyridine rings is 1. The predicted molar refractivity (Wildman–Crippen MR) is 37.8 cm³/mol. The van der Waals surface area contributed by atoms with Crippen LogP contribution < -0.4 is 5.32 Å². The average molecular weight is 190 g/mol. The molecular formula is C7H5F3N2O. The number of amides is 1. The van der Waals surface area contributed by atoms with E-state index >= 15 is 0 Å². The highest BCUT2D eigenvalue weighted by Crippen LogP contribution is 2.10. The van der Waals surface area contributed by atoms with E-state index in [1.165, 1.54) is 18.3 Å². The van der Waals surface area contributed by atoms with Crippen LogP contribution in [-0.4, -0.2) is 17.2 Å². The number of rotatable bonds is 1. The van der Waals surface area contributed by atoms with Crippen molar-refractivity contribution in [3.8, 4) is 0 Å². The minimum atomic E-state index is -4.70. The van der Waals surface area contributed by atoms with Crippen molar-refractivity contribution in [3.05, 3.63) is 30.1 Å². The highest BCUT2D eigenvalue weighted by molar-refractivity contribution is 5.93. The number of aromatic nitrogens is 1. The molecule has 0 radical (unpaired) electrons. The van der Waals surface area contributed by atoms with Crippen LogP contribution in [0.15, 0.2) is 24.5 Å². The molecule has 13 heavy (non-hydrogen) atoms. The first kappa shape index (κ1) is 9.50. The maximum absolute atomic E-state index is 11.6. The zero-order valence-corrected chi connectivity index (χ0v) is 6.30. The SMILES string of the molecule is O=C(NC(F)(F)F)c1cccnc1. The first-order chi connectivity index (χ1) is 5.99. The number of alkyl halides is 3. The van der Waals surface area contributed by atoms with Gasteiger partial charge in [-0.2, -0.15) is 13.2 Å². The summed E-state index contributed by atoms with van der Waals surface area (Å²) in [6.07, 6.45) is -2.28. The Labute approximate surface area is 71.6 Å². The van der Waals surface area contributed by atoms with Gasteiger partial charge in [0.05, 0.1) is 5.56 Å². The molecule has 0 spiro atoms. The lowest BCUT2D eigenvalue weighted by Gasteiger charge is -2.07. The molecule has 0 aromatic carbocycles. The van der Waals surface area contributed by atoms with Gasteiger partial charge >= 0.3 is 6.30 Å². The second-order valence-electron chi connectivity index (χ2n) is 2.19. The molecule has 0 atom stereocenters. The molecule has 1 aromatic heterocycles. The molecule has 1 aromatic rings. The zero-order chi connectivity index (χ0) is 9.90. The van der Waals surface area contributed by atoms with Crippen LogP contribution in [0.3, 0.4) is 0 Å². The van der Waals surface area contributed by atoms with E-state index in [-0.39, 0.29) is 5.56 Å². The van der Waals surface area contributed by atoms with E-state index in [0.29, 0.717) is 0 Å². The van der Waals surface area contributed by atoms with Gasteiger partial charge in [0.1, 0.15) is 0 Å². The Morgan fingerprint density at radius 1 is 1.46 bits per heavy atom. The number of hydrogen-bond acceptors (Lipinski definition) is 2. The monoisotopic (exact) mass is 190 g/mol. The summed E-state index contributed by atoms with van der Waals surface area (Å²) in [7, 11) is 0. The van der Waals surface area contributed by atoms with Crippen LogP contribution in [0.4, 0.5) is 13.2 Å². The van der Waals surface area contributed by atoms with Gasteiger partial charge in [-0.05, 0) is 12.1 Å². The standard InChI is InChI=1S/C7H5F3N2O/c8-7(9,10)12-6(13)5-2-1-3-11-4-5/h1-4H,(H,12,13). The minimum absolute atomic E-state index is 0.125. The molecule has 1 amide bonds. The molecule has 1 rings (SSSR count). The van der Waals surface area contributed by atoms with Crippen molar-refractivity contribution in [2.24, 2.45) is 0 Å². The molecule has 70 valence electrons. The quantitative estimate of drug-likeness (QED) is 0.679. The van der Waals surface area contributed by atoms with Crippen molar-refractivity contribution in [1.82, 2.24) is 10.3 Å². The minimum Gasteiger partial charge on any atom is -0.269 e. The Balaban J connectivity index is 2.71. The van der Waals surface area contributed by atoms with Crippen molar-refractivity contribution in [2.45, 2.75) is 6.30 Å². The fourth-order valence-electron chi connectivity index (χ4n) is 0.698. The normalized spacial score (nSPS) is 11.0. The van der Waals surface area contributed by atoms with Crippen LogP contribution in [-0.2, 0) is 0 Å². The summed E-state index contributed by atoms with van der Waals surface area (Å²) in [5.41, 5.74) is -0.125. The molecule has 0 bridgehead atoms. The van der Waals surface area contributed by atoms with Gasteiger partial charge in [-0.3, -0.25) is 15.1 Å². The first-order valence-corrected chi connectivity index (χ1v) is 3.28. The van der Waals surface area contributed by atoms with Gasteiger partial charge in [-0.15, -0.1) is 0 Å². The lowest BCUT2D eigenvalue weighted by molar-refractivity contribution is -0.146. The lowest BCUT2D eigenvalue weighted by atomic mass is 10.3. The topological polar surface area (TPSA) is 42.0 Å². The summed E-state index contributed by atoms with van der Waals surface area (Å²) < 4.78 is 34.9. The van der Waals surface area contributed by atoms with Crippen molar-refractivity contribution < 1.29 is 18.0 Å². The van der Waals surface area contributed by atoms with E-state index < -0.39 is 12.2 Å². The van der Waals surface area contributed by atoms with Gasteiger partial charge < -0.3 is 0 Å². The van der Waals surface area contributed by atoms with Crippen molar-refractivity contribution in [2.75, 3.05) is 0 Å². The zero-order valence-electron chi connectivity index (χ0n) is 6.30. The molecule has 0 aliphatic rings. The van der Waals surface area contributed by atoms with Crippen LogP contribution in [0, 0.1) is 0 Å². The van der Waals surface area contributed by atoms with Gasteiger partial charge in [0, 0.05) is 12.4 Å². The maximum atomic E-state index is 11.6. The summed E-state index contributed by atoms with van der Waals surface area (Å²) in [5, 5.41) is 0.856. The van der Waals surface area contributed by atoms with E-state index in [1.54, 1.807) is 0 Å². The Hall–Kier alpha value is -1.59. The summed E-state index contributed by atoms with van der Waals surface area (Å²) >= 11 is 0. The Morgan fingerprint density at radius 2 is 2.15 bits per heavy atom. The molecule has 0 fully saturated rings. The number of carbonyl (C=O) groups excluding carboxylic acids is 1. The summed E-state index contributed by atoms with van der Waals surface area (Å²) in [4.78, 5) is 14.3. The number of carbonyl (C=O) groups is 1. The van der Waals surface area contributed by atoms with Crippen molar-refractivity contribution >= 4 is 5.91 Å². The molecule has 3 nitrogen and oxygen atoms in total. The van der Waals surface area contributed by atoms with E-state index in [4.69, 9.17) is 0 Å². The van der Waals surface area contributed by atoms with Crippen molar-refractivity contribution in [1.29, 1.82) is 0 Å². The summed E-state index contributed by atoms with van der Waals surface area (Å²) in [5.74, 6) is -1.21. The van der Waals surface area contributed by atoms with E-state index in [9.17, 15) is 18.0 Å². The summed E-state index contributed by atoms with van der Waals surface area (Å²) in [6.45, 7) is 0. The predicted octanol–water partition coefficient (Wildman–Crippen LogP) is 1.33. The molecule has 0 unspecified atom stereocenters. The molecule has 0 aliphatic heterocycles. The van der Waals surface area contributed by atoms with Crippen molar-refractivity contribution in [3.63, 3.8) is 0 Å². The molecule has 1 heterocycles. The largest absolute Gasteiger partial charge is 0.484 e. The second kappa shape index (κ2) is 3.42. The number of nitrogens with one attached hydrogen (secondary N) is 1. The fraction of sp³-hybridized carbons (Fsp3) is 0.143. The summed E-state index contributed by atoms with van der Waals surface area (Å²) in [6, 6.07) is 2.62. The molecule has 6 heteroatoms. The average Bonchev–Trinajstić information content (AvgIpc) is 2.03. The fourth-order valence-corrected chi connectivity index (χ4v) is 0.698. The Bertz CT molecular complexity index is 296. The molecule has 0 saturated heterocycles. The molecule has 0 aliphatic carbocycles. The molecule has 0 saturated carbocycles. The third-order valence-corrected chi connectivity index (χ3v) is 1.18. The molecular weight excluding hydrogens is 185 g/mol. The van der Waals surface area contributed by atoms with E-state index in [2.05, 4.69) is 4.98 Å². The Morgan fingerprint density at radius 3 is 2.62 bits per heavy atom. The van der Waals surface area contributed by atoms with Crippen LogP contribution >= 0.6 is 0 Å². The first-order valence-electron chi connectivity index (χ1n) is 3.28. The van der Waals surface area contributed by atoms with Gasteiger partial charge in [-0.1, -0.05) is 0 Å². The highest BCUT2D eigenvalue weighted by Gasteiger charge is 2.30. The number of hydrogen-bond donors (Lipinski definition) is 1. The van der Waals surface area contributed by atoms with Crippen LogP contribution in [0.1, 0.15) is 10.4 Å². The Kier molecular flexibility index (Phi) is 2.50. The third-order valence-electron chi connectivity index (χ3n) is 1.18. The number of nitrogens with zero attached hydrogens (tertiary/aromatic N) is 1.